The number of carbonyl (C=O) groups excluding carboxylic acids is 1. The molecule has 0 atom stereocenters. The van der Waals surface area contributed by atoms with Gasteiger partial charge < -0.3 is 14.4 Å². The lowest BCUT2D eigenvalue weighted by atomic mass is 10.1. The number of nitrogens with zero attached hydrogens (tertiary/aromatic N) is 1. The number of carbonyl (C=O) groups is 1. The Morgan fingerprint density at radius 2 is 1.67 bits per heavy atom. The molecule has 142 valence electrons. The normalized spacial score (nSPS) is 16.7. The first-order valence-corrected chi connectivity index (χ1v) is 10.1. The number of hydrogen-bond donors (Lipinski definition) is 0. The highest BCUT2D eigenvalue weighted by Crippen LogP contribution is 2.32. The van der Waals surface area contributed by atoms with Crippen molar-refractivity contribution in [2.45, 2.75) is 44.6 Å². The first-order chi connectivity index (χ1) is 13.3. The number of amides is 1. The van der Waals surface area contributed by atoms with Gasteiger partial charge in [0.15, 0.2) is 11.5 Å². The van der Waals surface area contributed by atoms with Crippen molar-refractivity contribution in [3.8, 4) is 11.5 Å². The summed E-state index contributed by atoms with van der Waals surface area (Å²) in [7, 11) is 0. The third-order valence-corrected chi connectivity index (χ3v) is 5.51. The summed E-state index contributed by atoms with van der Waals surface area (Å²) in [6, 6.07) is 16.3. The molecule has 0 saturated heterocycles. The molecule has 0 spiro atoms. The van der Waals surface area contributed by atoms with Crippen molar-refractivity contribution < 1.29 is 14.3 Å². The van der Waals surface area contributed by atoms with E-state index in [9.17, 15) is 4.79 Å². The van der Waals surface area contributed by atoms with Crippen LogP contribution in [-0.4, -0.2) is 36.6 Å². The van der Waals surface area contributed by atoms with Crippen LogP contribution in [0.1, 0.15) is 48.0 Å². The monoisotopic (exact) mass is 365 g/mol. The van der Waals surface area contributed by atoms with E-state index in [1.807, 2.05) is 24.3 Å². The van der Waals surface area contributed by atoms with E-state index in [0.717, 1.165) is 38.0 Å². The first-order valence-electron chi connectivity index (χ1n) is 10.1. The highest BCUT2D eigenvalue weighted by molar-refractivity contribution is 5.95. The lowest BCUT2D eigenvalue weighted by Crippen LogP contribution is -2.40. The van der Waals surface area contributed by atoms with Crippen LogP contribution in [0.25, 0.3) is 0 Å². The van der Waals surface area contributed by atoms with Crippen LogP contribution < -0.4 is 9.47 Å². The molecule has 0 aromatic heterocycles. The fourth-order valence-corrected chi connectivity index (χ4v) is 4.02. The van der Waals surface area contributed by atoms with E-state index < -0.39 is 0 Å². The molecular formula is C23H27NO3. The van der Waals surface area contributed by atoms with Gasteiger partial charge in [0.05, 0.1) is 13.2 Å². The molecule has 2 aromatic carbocycles. The van der Waals surface area contributed by atoms with Crippen molar-refractivity contribution in [3.05, 3.63) is 59.7 Å². The van der Waals surface area contributed by atoms with E-state index in [0.29, 0.717) is 30.6 Å². The van der Waals surface area contributed by atoms with Gasteiger partial charge >= 0.3 is 0 Å². The summed E-state index contributed by atoms with van der Waals surface area (Å²) in [4.78, 5) is 15.4. The minimum absolute atomic E-state index is 0.105. The average Bonchev–Trinajstić information content (AvgIpc) is 3.13. The van der Waals surface area contributed by atoms with Crippen LogP contribution in [0.15, 0.2) is 48.5 Å². The Kier molecular flexibility index (Phi) is 5.61. The van der Waals surface area contributed by atoms with E-state index in [4.69, 9.17) is 9.47 Å². The zero-order chi connectivity index (χ0) is 18.5. The Labute approximate surface area is 161 Å². The highest BCUT2D eigenvalue weighted by atomic mass is 16.5. The number of ether oxygens (including phenoxy) is 2. The van der Waals surface area contributed by atoms with Crippen molar-refractivity contribution in [1.29, 1.82) is 0 Å². The molecule has 4 rings (SSSR count). The maximum absolute atomic E-state index is 13.4. The van der Waals surface area contributed by atoms with Crippen LogP contribution in [-0.2, 0) is 6.42 Å². The summed E-state index contributed by atoms with van der Waals surface area (Å²) in [6.45, 7) is 2.04. The maximum Gasteiger partial charge on any atom is 0.254 e. The van der Waals surface area contributed by atoms with E-state index in [1.54, 1.807) is 0 Å². The van der Waals surface area contributed by atoms with Crippen molar-refractivity contribution in [2.75, 3.05) is 19.8 Å². The topological polar surface area (TPSA) is 38.8 Å². The molecule has 0 unspecified atom stereocenters. The SMILES string of the molecule is O=C(c1ccc2c(c1)OCCCO2)N(CCc1ccccc1)C1CCCC1. The number of fused-ring (bicyclic) bond motifs is 1. The molecule has 4 heteroatoms. The van der Waals surface area contributed by atoms with Gasteiger partial charge in [-0.15, -0.1) is 0 Å². The van der Waals surface area contributed by atoms with Gasteiger partial charge in [-0.2, -0.15) is 0 Å². The predicted molar refractivity (Wildman–Crippen MR) is 105 cm³/mol. The van der Waals surface area contributed by atoms with Crippen LogP contribution in [0.5, 0.6) is 11.5 Å². The zero-order valence-corrected chi connectivity index (χ0v) is 15.7. The Morgan fingerprint density at radius 3 is 2.44 bits per heavy atom. The Bertz CT molecular complexity index is 768. The number of hydrogen-bond acceptors (Lipinski definition) is 3. The molecule has 1 fully saturated rings. The van der Waals surface area contributed by atoms with Crippen LogP contribution in [0, 0.1) is 0 Å². The van der Waals surface area contributed by atoms with Gasteiger partial charge in [-0.1, -0.05) is 43.2 Å². The van der Waals surface area contributed by atoms with Crippen molar-refractivity contribution in [2.24, 2.45) is 0 Å². The summed E-state index contributed by atoms with van der Waals surface area (Å²) in [5.74, 6) is 1.53. The van der Waals surface area contributed by atoms with Crippen LogP contribution >= 0.6 is 0 Å². The second-order valence-corrected chi connectivity index (χ2v) is 7.38. The van der Waals surface area contributed by atoms with Gasteiger partial charge in [0, 0.05) is 24.6 Å². The van der Waals surface area contributed by atoms with Crippen molar-refractivity contribution in [1.82, 2.24) is 4.90 Å². The highest BCUT2D eigenvalue weighted by Gasteiger charge is 2.28. The fraction of sp³-hybridized carbons (Fsp3) is 0.435. The van der Waals surface area contributed by atoms with Gasteiger partial charge in [-0.05, 0) is 43.0 Å². The standard InChI is InChI=1S/C23H27NO3/c25-23(19-11-12-21-22(17-19)27-16-6-15-26-21)24(20-9-4-5-10-20)14-13-18-7-2-1-3-8-18/h1-3,7-8,11-12,17,20H,4-6,9-10,13-16H2. The van der Waals surface area contributed by atoms with E-state index in [2.05, 4.69) is 29.2 Å². The van der Waals surface area contributed by atoms with Crippen molar-refractivity contribution >= 4 is 5.91 Å². The molecule has 4 nitrogen and oxygen atoms in total. The molecule has 1 saturated carbocycles. The number of rotatable bonds is 5. The van der Waals surface area contributed by atoms with Gasteiger partial charge in [0.1, 0.15) is 0 Å². The molecule has 2 aromatic rings. The third kappa shape index (κ3) is 4.26. The van der Waals surface area contributed by atoms with Crippen LogP contribution in [0.3, 0.4) is 0 Å². The molecule has 0 radical (unpaired) electrons. The van der Waals surface area contributed by atoms with Crippen LogP contribution in [0.4, 0.5) is 0 Å². The Balaban J connectivity index is 1.53. The Hall–Kier alpha value is -2.49. The van der Waals surface area contributed by atoms with E-state index in [-0.39, 0.29) is 5.91 Å². The summed E-state index contributed by atoms with van der Waals surface area (Å²) < 4.78 is 11.5. The molecule has 2 aliphatic rings. The fourth-order valence-electron chi connectivity index (χ4n) is 4.02. The molecule has 0 N–H and O–H groups in total. The summed E-state index contributed by atoms with van der Waals surface area (Å²) in [5, 5.41) is 0. The zero-order valence-electron chi connectivity index (χ0n) is 15.7. The molecule has 1 aliphatic heterocycles. The van der Waals surface area contributed by atoms with Gasteiger partial charge in [-0.25, -0.2) is 0 Å². The van der Waals surface area contributed by atoms with Crippen LogP contribution in [0.2, 0.25) is 0 Å². The third-order valence-electron chi connectivity index (χ3n) is 5.51. The Morgan fingerprint density at radius 1 is 0.926 bits per heavy atom. The van der Waals surface area contributed by atoms with Gasteiger partial charge in [0.2, 0.25) is 0 Å². The summed E-state index contributed by atoms with van der Waals surface area (Å²) in [6.07, 6.45) is 6.37. The van der Waals surface area contributed by atoms with E-state index >= 15 is 0 Å². The molecule has 27 heavy (non-hydrogen) atoms. The summed E-state index contributed by atoms with van der Waals surface area (Å²) in [5.41, 5.74) is 1.96. The van der Waals surface area contributed by atoms with Gasteiger partial charge in [-0.3, -0.25) is 4.79 Å². The van der Waals surface area contributed by atoms with Gasteiger partial charge in [0.25, 0.3) is 5.91 Å². The minimum atomic E-state index is 0.105. The lowest BCUT2D eigenvalue weighted by Gasteiger charge is -2.29. The lowest BCUT2D eigenvalue weighted by molar-refractivity contribution is 0.0683. The molecule has 0 bridgehead atoms. The maximum atomic E-state index is 13.4. The van der Waals surface area contributed by atoms with Crippen molar-refractivity contribution in [3.63, 3.8) is 0 Å². The second-order valence-electron chi connectivity index (χ2n) is 7.38. The summed E-state index contributed by atoms with van der Waals surface area (Å²) >= 11 is 0. The molecular weight excluding hydrogens is 338 g/mol. The largest absolute Gasteiger partial charge is 0.490 e. The average molecular weight is 365 g/mol. The molecule has 1 amide bonds. The smallest absolute Gasteiger partial charge is 0.254 e. The van der Waals surface area contributed by atoms with E-state index in [1.165, 1.54) is 18.4 Å². The molecule has 1 heterocycles. The molecule has 1 aliphatic carbocycles. The second kappa shape index (κ2) is 8.47. The first kappa shape index (κ1) is 17.9. The quantitative estimate of drug-likeness (QED) is 0.784. The minimum Gasteiger partial charge on any atom is -0.490 e. The predicted octanol–water partition coefficient (Wildman–Crippen LogP) is 4.48. The number of benzene rings is 2.